The molecule has 1 heterocycles. The van der Waals surface area contributed by atoms with Gasteiger partial charge in [0.25, 0.3) is 0 Å². The molecule has 5 nitrogen and oxygen atoms in total. The van der Waals surface area contributed by atoms with Crippen molar-refractivity contribution < 1.29 is 4.21 Å². The molecular weight excluding hydrogens is 212 g/mol. The maximum Gasteiger partial charge on any atom is 0.147 e. The van der Waals surface area contributed by atoms with Crippen molar-refractivity contribution in [1.29, 1.82) is 10.5 Å². The zero-order chi connectivity index (χ0) is 11.6. The molecule has 0 aliphatic rings. The first-order valence-corrected chi connectivity index (χ1v) is 5.52. The molecule has 6 heteroatoms. The second-order valence-corrected chi connectivity index (χ2v) is 4.15. The van der Waals surface area contributed by atoms with Crippen LogP contribution in [0.3, 0.4) is 0 Å². The van der Waals surface area contributed by atoms with Gasteiger partial charge in [-0.15, -0.1) is 0 Å². The van der Waals surface area contributed by atoms with Gasteiger partial charge in [0, 0.05) is 6.26 Å². The van der Waals surface area contributed by atoms with Gasteiger partial charge in [0.2, 0.25) is 0 Å². The molecule has 76 valence electrons. The van der Waals surface area contributed by atoms with Crippen LogP contribution in [0, 0.1) is 29.6 Å². The van der Waals surface area contributed by atoms with Crippen LogP contribution < -0.4 is 5.73 Å². The van der Waals surface area contributed by atoms with Crippen LogP contribution in [0.5, 0.6) is 0 Å². The van der Waals surface area contributed by atoms with Crippen molar-refractivity contribution in [2.24, 2.45) is 0 Å². The van der Waals surface area contributed by atoms with E-state index in [4.69, 9.17) is 16.3 Å². The van der Waals surface area contributed by atoms with Crippen molar-refractivity contribution in [3.8, 4) is 12.1 Å². The highest BCUT2D eigenvalue weighted by atomic mass is 32.2. The summed E-state index contributed by atoms with van der Waals surface area (Å²) in [5.41, 5.74) is 6.28. The van der Waals surface area contributed by atoms with Gasteiger partial charge in [-0.25, -0.2) is 4.98 Å². The maximum absolute atomic E-state index is 11.3. The largest absolute Gasteiger partial charge is 0.383 e. The van der Waals surface area contributed by atoms with Crippen molar-refractivity contribution >= 4 is 16.6 Å². The van der Waals surface area contributed by atoms with E-state index >= 15 is 0 Å². The predicted molar refractivity (Wildman–Crippen MR) is 55.1 cm³/mol. The monoisotopic (exact) mass is 220 g/mol. The second-order valence-electron chi connectivity index (χ2n) is 2.85. The van der Waals surface area contributed by atoms with E-state index in [-0.39, 0.29) is 22.0 Å². The third kappa shape index (κ3) is 1.80. The number of hydrogen-bond acceptors (Lipinski definition) is 5. The molecule has 0 saturated heterocycles. The van der Waals surface area contributed by atoms with Gasteiger partial charge in [0.15, 0.2) is 0 Å². The molecule has 0 fully saturated rings. The van der Waals surface area contributed by atoms with Crippen molar-refractivity contribution in [2.75, 3.05) is 12.0 Å². The maximum atomic E-state index is 11.3. The van der Waals surface area contributed by atoms with Gasteiger partial charge in [-0.2, -0.15) is 10.5 Å². The second kappa shape index (κ2) is 4.07. The minimum atomic E-state index is -1.39. The number of nitrogen functional groups attached to an aromatic ring is 1. The Kier molecular flexibility index (Phi) is 3.03. The van der Waals surface area contributed by atoms with Crippen LogP contribution in [-0.4, -0.2) is 15.4 Å². The average molecular weight is 220 g/mol. The Morgan fingerprint density at radius 2 is 1.87 bits per heavy atom. The van der Waals surface area contributed by atoms with Crippen LogP contribution in [-0.2, 0) is 10.8 Å². The fraction of sp³-hybridized carbons (Fsp3) is 0.222. The summed E-state index contributed by atoms with van der Waals surface area (Å²) in [6.45, 7) is 1.59. The molecule has 0 aliphatic carbocycles. The minimum Gasteiger partial charge on any atom is -0.383 e. The number of nitriles is 2. The first kappa shape index (κ1) is 11.2. The van der Waals surface area contributed by atoms with E-state index in [1.807, 2.05) is 12.1 Å². The van der Waals surface area contributed by atoms with Crippen molar-refractivity contribution in [2.45, 2.75) is 11.9 Å². The van der Waals surface area contributed by atoms with Crippen LogP contribution in [0.2, 0.25) is 0 Å². The Morgan fingerprint density at radius 1 is 1.33 bits per heavy atom. The number of anilines is 1. The summed E-state index contributed by atoms with van der Waals surface area (Å²) in [6.07, 6.45) is 1.41. The molecular formula is C9H8N4OS. The molecule has 1 rings (SSSR count). The normalized spacial score (nSPS) is 11.5. The number of nitrogens with zero attached hydrogens (tertiary/aromatic N) is 3. The Balaban J connectivity index is 3.70. The van der Waals surface area contributed by atoms with E-state index in [1.54, 1.807) is 6.92 Å². The summed E-state index contributed by atoms with van der Waals surface area (Å²) in [4.78, 5) is 3.81. The van der Waals surface area contributed by atoms with E-state index in [9.17, 15) is 4.21 Å². The highest BCUT2D eigenvalue weighted by Crippen LogP contribution is 2.22. The molecule has 0 aromatic carbocycles. The third-order valence-electron chi connectivity index (χ3n) is 1.94. The van der Waals surface area contributed by atoms with Crippen LogP contribution in [0.4, 0.5) is 5.82 Å². The van der Waals surface area contributed by atoms with Crippen LogP contribution >= 0.6 is 0 Å². The van der Waals surface area contributed by atoms with Gasteiger partial charge in [0.1, 0.15) is 23.0 Å². The summed E-state index contributed by atoms with van der Waals surface area (Å²) in [5.74, 6) is 0.0131. The summed E-state index contributed by atoms with van der Waals surface area (Å²) in [5, 5.41) is 17.8. The standard InChI is InChI=1S/C9H8N4OS/c1-5-6(3-10)8(12)13-9(15(2)14)7(5)4-11/h1-2H3,(H2,12,13). The Labute approximate surface area is 89.6 Å². The van der Waals surface area contributed by atoms with Gasteiger partial charge in [-0.05, 0) is 12.5 Å². The molecule has 0 bridgehead atoms. The van der Waals surface area contributed by atoms with Crippen molar-refractivity contribution in [3.05, 3.63) is 16.7 Å². The van der Waals surface area contributed by atoms with E-state index in [0.717, 1.165) is 0 Å². The summed E-state index contributed by atoms with van der Waals surface area (Å²) in [6, 6.07) is 3.75. The van der Waals surface area contributed by atoms with Crippen LogP contribution in [0.1, 0.15) is 16.7 Å². The molecule has 0 aliphatic heterocycles. The molecule has 1 aromatic rings. The van der Waals surface area contributed by atoms with Crippen molar-refractivity contribution in [1.82, 2.24) is 4.98 Å². The lowest BCUT2D eigenvalue weighted by Crippen LogP contribution is -2.06. The molecule has 0 saturated carbocycles. The highest BCUT2D eigenvalue weighted by Gasteiger charge is 2.17. The smallest absolute Gasteiger partial charge is 0.147 e. The van der Waals surface area contributed by atoms with E-state index in [1.165, 1.54) is 6.26 Å². The number of aromatic nitrogens is 1. The first-order valence-electron chi connectivity index (χ1n) is 3.96. The molecule has 0 radical (unpaired) electrons. The van der Waals surface area contributed by atoms with E-state index in [2.05, 4.69) is 4.98 Å². The zero-order valence-electron chi connectivity index (χ0n) is 8.24. The number of pyridine rings is 1. The number of rotatable bonds is 1. The minimum absolute atomic E-state index is 0.0131. The van der Waals surface area contributed by atoms with Crippen molar-refractivity contribution in [3.63, 3.8) is 0 Å². The molecule has 15 heavy (non-hydrogen) atoms. The zero-order valence-corrected chi connectivity index (χ0v) is 9.05. The molecule has 1 aromatic heterocycles. The predicted octanol–water partition coefficient (Wildman–Crippen LogP) is 0.453. The third-order valence-corrected chi connectivity index (χ3v) is 2.78. The van der Waals surface area contributed by atoms with Gasteiger partial charge in [0.05, 0.1) is 21.9 Å². The molecule has 0 spiro atoms. The lowest BCUT2D eigenvalue weighted by molar-refractivity contribution is 0.684. The SMILES string of the molecule is Cc1c(C#N)c(N)nc(S(C)=O)c1C#N. The lowest BCUT2D eigenvalue weighted by atomic mass is 10.1. The lowest BCUT2D eigenvalue weighted by Gasteiger charge is -2.06. The van der Waals surface area contributed by atoms with Gasteiger partial charge in [-0.3, -0.25) is 4.21 Å². The van der Waals surface area contributed by atoms with E-state index in [0.29, 0.717) is 5.56 Å². The Bertz CT molecular complexity index is 524. The van der Waals surface area contributed by atoms with Gasteiger partial charge >= 0.3 is 0 Å². The van der Waals surface area contributed by atoms with Crippen LogP contribution in [0.25, 0.3) is 0 Å². The number of hydrogen-bond donors (Lipinski definition) is 1. The quantitative estimate of drug-likeness (QED) is 0.740. The summed E-state index contributed by atoms with van der Waals surface area (Å²) < 4.78 is 11.3. The topological polar surface area (TPSA) is 104 Å². The fourth-order valence-electron chi connectivity index (χ4n) is 1.18. The van der Waals surface area contributed by atoms with Crippen LogP contribution in [0.15, 0.2) is 5.03 Å². The molecule has 2 N–H and O–H groups in total. The highest BCUT2D eigenvalue weighted by molar-refractivity contribution is 7.84. The van der Waals surface area contributed by atoms with Gasteiger partial charge in [-0.1, -0.05) is 0 Å². The summed E-state index contributed by atoms with van der Waals surface area (Å²) >= 11 is 0. The number of nitrogens with two attached hydrogens (primary N) is 1. The van der Waals surface area contributed by atoms with E-state index < -0.39 is 10.8 Å². The van der Waals surface area contributed by atoms with Gasteiger partial charge < -0.3 is 5.73 Å². The molecule has 0 amide bonds. The fourth-order valence-corrected chi connectivity index (χ4v) is 1.89. The Morgan fingerprint density at radius 3 is 2.27 bits per heavy atom. The molecule has 1 unspecified atom stereocenters. The summed E-state index contributed by atoms with van der Waals surface area (Å²) in [7, 11) is -1.39. The Hall–Kier alpha value is -1.92. The first-order chi connectivity index (χ1) is 7.02. The molecule has 1 atom stereocenters. The average Bonchev–Trinajstić information content (AvgIpc) is 2.17.